The maximum Gasteiger partial charge on any atom is 0.307 e. The number of rotatable bonds is 1. The quantitative estimate of drug-likeness (QED) is 0.777. The van der Waals surface area contributed by atoms with Crippen molar-refractivity contribution in [1.82, 2.24) is 5.32 Å². The third kappa shape index (κ3) is 2.00. The van der Waals surface area contributed by atoms with E-state index in [0.29, 0.717) is 18.0 Å². The highest BCUT2D eigenvalue weighted by Crippen LogP contribution is 2.64. The van der Waals surface area contributed by atoms with Crippen molar-refractivity contribution in [3.63, 3.8) is 0 Å². The van der Waals surface area contributed by atoms with E-state index in [1.165, 1.54) is 44.9 Å². The summed E-state index contributed by atoms with van der Waals surface area (Å²) in [6.07, 6.45) is 10.5. The van der Waals surface area contributed by atoms with Gasteiger partial charge in [0.05, 0.1) is 5.92 Å². The van der Waals surface area contributed by atoms with E-state index >= 15 is 0 Å². The fourth-order valence-corrected chi connectivity index (χ4v) is 7.14. The van der Waals surface area contributed by atoms with E-state index in [2.05, 4.69) is 19.2 Å². The predicted octanol–water partition coefficient (Wildman–Crippen LogP) is 3.68. The molecule has 124 valence electrons. The zero-order valence-electron chi connectivity index (χ0n) is 14.1. The number of hydrogen-bond acceptors (Lipinski definition) is 2. The van der Waals surface area contributed by atoms with Gasteiger partial charge in [0.2, 0.25) is 0 Å². The zero-order valence-corrected chi connectivity index (χ0v) is 14.1. The molecule has 22 heavy (non-hydrogen) atoms. The molecule has 3 nitrogen and oxygen atoms in total. The number of hydrogen-bond donors (Lipinski definition) is 2. The van der Waals surface area contributed by atoms with Crippen molar-refractivity contribution < 1.29 is 9.90 Å². The van der Waals surface area contributed by atoms with Crippen LogP contribution in [0.1, 0.15) is 65.2 Å². The number of nitrogens with one attached hydrogen (secondary N) is 1. The summed E-state index contributed by atoms with van der Waals surface area (Å²) in [4.78, 5) is 11.5. The third-order valence-corrected chi connectivity index (χ3v) is 8.30. The molecule has 1 heterocycles. The van der Waals surface area contributed by atoms with Crippen LogP contribution in [-0.2, 0) is 4.79 Å². The SMILES string of the molecule is C[C@@]12CCC[C@H]1[C@@H]1CCC3NCC(C(=O)O)C[C@]3(C)[C@@H]1CC2. The van der Waals surface area contributed by atoms with E-state index in [0.717, 1.165) is 24.2 Å². The van der Waals surface area contributed by atoms with Gasteiger partial charge < -0.3 is 10.4 Å². The highest BCUT2D eigenvalue weighted by Gasteiger charge is 2.58. The Morgan fingerprint density at radius 1 is 1.09 bits per heavy atom. The minimum Gasteiger partial charge on any atom is -0.481 e. The van der Waals surface area contributed by atoms with Crippen LogP contribution < -0.4 is 5.32 Å². The molecule has 3 saturated carbocycles. The van der Waals surface area contributed by atoms with Crippen molar-refractivity contribution in [1.29, 1.82) is 0 Å². The summed E-state index contributed by atoms with van der Waals surface area (Å²) >= 11 is 0. The minimum absolute atomic E-state index is 0.183. The molecule has 0 aromatic rings. The van der Waals surface area contributed by atoms with Crippen LogP contribution in [0.2, 0.25) is 0 Å². The molecule has 0 amide bonds. The molecule has 4 aliphatic rings. The Morgan fingerprint density at radius 3 is 2.68 bits per heavy atom. The summed E-state index contributed by atoms with van der Waals surface area (Å²) in [5.41, 5.74) is 0.798. The molecule has 2 N–H and O–H groups in total. The van der Waals surface area contributed by atoms with E-state index in [4.69, 9.17) is 0 Å². The molecule has 0 radical (unpaired) electrons. The Kier molecular flexibility index (Phi) is 3.38. The highest BCUT2D eigenvalue weighted by atomic mass is 16.4. The smallest absolute Gasteiger partial charge is 0.307 e. The summed E-state index contributed by atoms with van der Waals surface area (Å²) in [5, 5.41) is 13.1. The van der Waals surface area contributed by atoms with Crippen LogP contribution in [-0.4, -0.2) is 23.7 Å². The monoisotopic (exact) mass is 305 g/mol. The van der Waals surface area contributed by atoms with E-state index in [9.17, 15) is 9.90 Å². The Bertz CT molecular complexity index is 478. The number of carboxylic acid groups (broad SMARTS) is 1. The number of carboxylic acids is 1. The van der Waals surface area contributed by atoms with Gasteiger partial charge in [-0.3, -0.25) is 4.79 Å². The summed E-state index contributed by atoms with van der Waals surface area (Å²) < 4.78 is 0. The maximum atomic E-state index is 11.5. The largest absolute Gasteiger partial charge is 0.481 e. The molecule has 7 atom stereocenters. The van der Waals surface area contributed by atoms with Crippen LogP contribution >= 0.6 is 0 Å². The lowest BCUT2D eigenvalue weighted by atomic mass is 9.47. The Balaban J connectivity index is 1.62. The molecule has 4 rings (SSSR count). The van der Waals surface area contributed by atoms with Crippen LogP contribution in [0.15, 0.2) is 0 Å². The van der Waals surface area contributed by atoms with Crippen LogP contribution in [0.4, 0.5) is 0 Å². The lowest BCUT2D eigenvalue weighted by Gasteiger charge is -2.60. The van der Waals surface area contributed by atoms with Crippen molar-refractivity contribution in [2.24, 2.45) is 34.5 Å². The van der Waals surface area contributed by atoms with Gasteiger partial charge in [0, 0.05) is 12.6 Å². The first-order valence-electron chi connectivity index (χ1n) is 9.40. The number of aliphatic carboxylic acids is 1. The van der Waals surface area contributed by atoms with Gasteiger partial charge in [-0.25, -0.2) is 0 Å². The van der Waals surface area contributed by atoms with Crippen LogP contribution in [0.5, 0.6) is 0 Å². The second-order valence-corrected chi connectivity index (χ2v) is 9.25. The average Bonchev–Trinajstić information content (AvgIpc) is 2.87. The third-order valence-electron chi connectivity index (χ3n) is 8.30. The molecule has 3 aliphatic carbocycles. The molecule has 3 heteroatoms. The standard InChI is InChI=1S/C19H31NO2/c1-18-8-3-4-14(18)13-5-6-16-19(2,15(13)7-9-18)10-12(11-20-16)17(21)22/h12-16,20H,3-11H2,1-2H3,(H,21,22)/t12?,13-,14-,15+,16?,18-,19+/m0/s1. The maximum absolute atomic E-state index is 11.5. The molecule has 0 spiro atoms. The highest BCUT2D eigenvalue weighted by molar-refractivity contribution is 5.70. The summed E-state index contributed by atoms with van der Waals surface area (Å²) in [7, 11) is 0. The molecule has 0 aromatic carbocycles. The first-order chi connectivity index (χ1) is 10.4. The van der Waals surface area contributed by atoms with Gasteiger partial charge in [-0.1, -0.05) is 20.3 Å². The van der Waals surface area contributed by atoms with Gasteiger partial charge in [0.15, 0.2) is 0 Å². The van der Waals surface area contributed by atoms with E-state index in [-0.39, 0.29) is 11.3 Å². The molecular formula is C19H31NO2. The van der Waals surface area contributed by atoms with Crippen molar-refractivity contribution in [2.45, 2.75) is 71.3 Å². The van der Waals surface area contributed by atoms with Crippen molar-refractivity contribution in [3.05, 3.63) is 0 Å². The van der Waals surface area contributed by atoms with Gasteiger partial charge >= 0.3 is 5.97 Å². The lowest BCUT2D eigenvalue weighted by molar-refractivity contribution is -0.149. The Morgan fingerprint density at radius 2 is 1.91 bits per heavy atom. The molecule has 0 aromatic heterocycles. The fraction of sp³-hybridized carbons (Fsp3) is 0.947. The molecular weight excluding hydrogens is 274 g/mol. The Hall–Kier alpha value is -0.570. The van der Waals surface area contributed by atoms with Gasteiger partial charge in [-0.05, 0) is 73.5 Å². The van der Waals surface area contributed by atoms with Gasteiger partial charge in [-0.2, -0.15) is 0 Å². The molecule has 2 unspecified atom stereocenters. The first kappa shape index (κ1) is 15.0. The van der Waals surface area contributed by atoms with E-state index < -0.39 is 5.97 Å². The topological polar surface area (TPSA) is 49.3 Å². The average molecular weight is 305 g/mol. The number of carbonyl (C=O) groups is 1. The molecule has 0 bridgehead atoms. The zero-order chi connectivity index (χ0) is 15.5. The van der Waals surface area contributed by atoms with Gasteiger partial charge in [0.25, 0.3) is 0 Å². The fourth-order valence-electron chi connectivity index (χ4n) is 7.14. The summed E-state index contributed by atoms with van der Waals surface area (Å²) in [6, 6.07) is 0.551. The minimum atomic E-state index is -0.601. The second-order valence-electron chi connectivity index (χ2n) is 9.25. The van der Waals surface area contributed by atoms with Crippen LogP contribution in [0, 0.1) is 34.5 Å². The van der Waals surface area contributed by atoms with Gasteiger partial charge in [-0.15, -0.1) is 0 Å². The van der Waals surface area contributed by atoms with Crippen molar-refractivity contribution in [3.8, 4) is 0 Å². The molecule has 4 fully saturated rings. The number of piperidine rings is 1. The van der Waals surface area contributed by atoms with E-state index in [1.807, 2.05) is 0 Å². The number of fused-ring (bicyclic) bond motifs is 5. The summed E-state index contributed by atoms with van der Waals surface area (Å²) in [6.45, 7) is 5.62. The summed E-state index contributed by atoms with van der Waals surface area (Å²) in [5.74, 6) is 1.73. The normalized spacial score (nSPS) is 54.2. The lowest BCUT2D eigenvalue weighted by Crippen LogP contribution is -2.61. The van der Waals surface area contributed by atoms with Crippen LogP contribution in [0.3, 0.4) is 0 Å². The van der Waals surface area contributed by atoms with Crippen molar-refractivity contribution >= 4 is 5.97 Å². The second kappa shape index (κ2) is 4.96. The van der Waals surface area contributed by atoms with E-state index in [1.54, 1.807) is 0 Å². The van der Waals surface area contributed by atoms with Gasteiger partial charge in [0.1, 0.15) is 0 Å². The van der Waals surface area contributed by atoms with Crippen molar-refractivity contribution in [2.75, 3.05) is 6.54 Å². The molecule has 1 saturated heterocycles. The predicted molar refractivity (Wildman–Crippen MR) is 86.5 cm³/mol. The van der Waals surface area contributed by atoms with Crippen LogP contribution in [0.25, 0.3) is 0 Å². The Labute approximate surface area is 134 Å². The molecule has 1 aliphatic heterocycles. The first-order valence-corrected chi connectivity index (χ1v) is 9.40.